The van der Waals surface area contributed by atoms with E-state index in [1.807, 2.05) is 0 Å². The number of nitrogen functional groups attached to an aromatic ring is 2. The molecule has 0 fully saturated rings. The van der Waals surface area contributed by atoms with Crippen molar-refractivity contribution in [3.8, 4) is 11.5 Å². The topological polar surface area (TPSA) is 157 Å². The average Bonchev–Trinajstić information content (AvgIpc) is 2.97. The molecule has 0 aliphatic heterocycles. The number of unbranched alkanes of at least 4 members (excludes halogenated alkanes) is 3. The van der Waals surface area contributed by atoms with Gasteiger partial charge in [-0.15, -0.1) is 0 Å². The van der Waals surface area contributed by atoms with Crippen molar-refractivity contribution in [3.63, 3.8) is 0 Å². The Bertz CT molecular complexity index is 1380. The molecule has 4 N–H and O–H groups in total. The second-order valence-corrected chi connectivity index (χ2v) is 9.29. The first kappa shape index (κ1) is 31.4. The zero-order chi connectivity index (χ0) is 30.3. The molecule has 3 aromatic carbocycles. The number of rotatable bonds is 14. The lowest BCUT2D eigenvalue weighted by Crippen LogP contribution is -2.14. The molecule has 0 atom stereocenters. The van der Waals surface area contributed by atoms with Crippen molar-refractivity contribution in [2.24, 2.45) is 0 Å². The van der Waals surface area contributed by atoms with E-state index in [1.165, 1.54) is 30.4 Å². The highest BCUT2D eigenvalue weighted by atomic mass is 16.6. The molecule has 10 nitrogen and oxygen atoms in total. The molecule has 3 rings (SSSR count). The van der Waals surface area contributed by atoms with Gasteiger partial charge in [-0.25, -0.2) is 14.4 Å². The van der Waals surface area contributed by atoms with Gasteiger partial charge in [-0.2, -0.15) is 0 Å². The zero-order valence-corrected chi connectivity index (χ0v) is 23.4. The summed E-state index contributed by atoms with van der Waals surface area (Å²) in [5, 5.41) is 0. The number of benzene rings is 3. The van der Waals surface area contributed by atoms with Crippen LogP contribution in [0.25, 0.3) is 6.08 Å². The normalized spacial score (nSPS) is 10.7. The van der Waals surface area contributed by atoms with E-state index in [-0.39, 0.29) is 30.3 Å². The second kappa shape index (κ2) is 16.2. The van der Waals surface area contributed by atoms with Crippen molar-refractivity contribution in [2.75, 3.05) is 24.7 Å². The van der Waals surface area contributed by atoms with E-state index in [4.69, 9.17) is 30.4 Å². The van der Waals surface area contributed by atoms with Crippen LogP contribution in [0.15, 0.2) is 72.8 Å². The summed E-state index contributed by atoms with van der Waals surface area (Å²) in [6.07, 6.45) is 7.13. The van der Waals surface area contributed by atoms with E-state index in [0.717, 1.165) is 25.7 Å². The summed E-state index contributed by atoms with van der Waals surface area (Å²) in [5.74, 6) is -1.44. The van der Waals surface area contributed by atoms with Crippen molar-refractivity contribution >= 4 is 41.3 Å². The Labute approximate surface area is 244 Å². The third-order valence-corrected chi connectivity index (χ3v) is 5.83. The summed E-state index contributed by atoms with van der Waals surface area (Å²) in [6.45, 7) is 1.82. The monoisotopic (exact) mass is 574 g/mol. The maximum absolute atomic E-state index is 12.3. The quantitative estimate of drug-likeness (QED) is 0.0844. The molecular formula is C32H34N2O8. The molecule has 0 amide bonds. The van der Waals surface area contributed by atoms with Gasteiger partial charge in [-0.1, -0.05) is 38.3 Å². The van der Waals surface area contributed by atoms with E-state index in [9.17, 15) is 19.2 Å². The van der Waals surface area contributed by atoms with Crippen LogP contribution in [0.2, 0.25) is 0 Å². The number of hydrogen-bond donors (Lipinski definition) is 2. The van der Waals surface area contributed by atoms with Gasteiger partial charge in [-0.3, -0.25) is 4.79 Å². The summed E-state index contributed by atoms with van der Waals surface area (Å²) in [6, 6.07) is 17.0. The molecular weight excluding hydrogens is 540 g/mol. The molecule has 220 valence electrons. The number of hydrogen-bond acceptors (Lipinski definition) is 10. The molecule has 0 saturated heterocycles. The smallest absolute Gasteiger partial charge is 0.338 e. The van der Waals surface area contributed by atoms with E-state index >= 15 is 0 Å². The minimum absolute atomic E-state index is 0.141. The van der Waals surface area contributed by atoms with Crippen molar-refractivity contribution in [2.45, 2.75) is 39.0 Å². The van der Waals surface area contributed by atoms with Gasteiger partial charge < -0.3 is 30.4 Å². The van der Waals surface area contributed by atoms with Gasteiger partial charge in [0.1, 0.15) is 24.7 Å². The molecule has 0 radical (unpaired) electrons. The molecule has 0 saturated carbocycles. The minimum atomic E-state index is -0.634. The fraction of sp³-hybridized carbons (Fsp3) is 0.250. The highest BCUT2D eigenvalue weighted by molar-refractivity contribution is 5.92. The third-order valence-electron chi connectivity index (χ3n) is 5.83. The molecule has 0 heterocycles. The van der Waals surface area contributed by atoms with Crippen molar-refractivity contribution in [1.82, 2.24) is 0 Å². The Morgan fingerprint density at radius 1 is 0.690 bits per heavy atom. The number of esters is 4. The van der Waals surface area contributed by atoms with Crippen LogP contribution in [0.1, 0.15) is 65.3 Å². The number of ether oxygens (including phenoxy) is 4. The first-order valence-electron chi connectivity index (χ1n) is 13.5. The van der Waals surface area contributed by atoms with Gasteiger partial charge in [0.05, 0.1) is 11.1 Å². The van der Waals surface area contributed by atoms with E-state index in [0.29, 0.717) is 34.9 Å². The molecule has 0 aromatic heterocycles. The van der Waals surface area contributed by atoms with Gasteiger partial charge in [0, 0.05) is 23.9 Å². The first-order valence-corrected chi connectivity index (χ1v) is 13.5. The van der Waals surface area contributed by atoms with E-state index in [1.54, 1.807) is 48.5 Å². The maximum atomic E-state index is 12.3. The van der Waals surface area contributed by atoms with Gasteiger partial charge in [0.15, 0.2) is 0 Å². The lowest BCUT2D eigenvalue weighted by Gasteiger charge is -2.08. The third kappa shape index (κ3) is 10.8. The van der Waals surface area contributed by atoms with E-state index in [2.05, 4.69) is 6.92 Å². The van der Waals surface area contributed by atoms with Crippen LogP contribution >= 0.6 is 0 Å². The summed E-state index contributed by atoms with van der Waals surface area (Å²) >= 11 is 0. The van der Waals surface area contributed by atoms with Crippen LogP contribution < -0.4 is 20.9 Å². The van der Waals surface area contributed by atoms with Gasteiger partial charge in [-0.05, 0) is 72.7 Å². The maximum Gasteiger partial charge on any atom is 0.338 e. The molecule has 0 aliphatic carbocycles. The predicted molar refractivity (Wildman–Crippen MR) is 158 cm³/mol. The van der Waals surface area contributed by atoms with Gasteiger partial charge in [0.25, 0.3) is 0 Å². The Balaban J connectivity index is 1.38. The first-order chi connectivity index (χ1) is 20.2. The van der Waals surface area contributed by atoms with Crippen LogP contribution in [-0.4, -0.2) is 37.1 Å². The van der Waals surface area contributed by atoms with Crippen LogP contribution in [0.4, 0.5) is 11.4 Å². The average molecular weight is 575 g/mol. The van der Waals surface area contributed by atoms with Crippen LogP contribution in [-0.2, 0) is 19.1 Å². The fourth-order valence-corrected chi connectivity index (χ4v) is 3.73. The van der Waals surface area contributed by atoms with Gasteiger partial charge in [0.2, 0.25) is 0 Å². The van der Waals surface area contributed by atoms with Crippen molar-refractivity contribution in [3.05, 3.63) is 89.5 Å². The lowest BCUT2D eigenvalue weighted by molar-refractivity contribution is -0.134. The SMILES string of the molecule is CCCCCCC(=O)Oc1ccc(OC(=O)/C=C/c2ccc(C(=O)OCCOC(=O)c3cc(N)cc(N)c3)cc2)cc1. The highest BCUT2D eigenvalue weighted by Gasteiger charge is 2.11. The molecule has 10 heteroatoms. The number of anilines is 2. The fourth-order valence-electron chi connectivity index (χ4n) is 3.73. The summed E-state index contributed by atoms with van der Waals surface area (Å²) in [7, 11) is 0. The Kier molecular flexibility index (Phi) is 12.1. The van der Waals surface area contributed by atoms with Crippen LogP contribution in [0.5, 0.6) is 11.5 Å². The van der Waals surface area contributed by atoms with Crippen molar-refractivity contribution < 1.29 is 38.1 Å². The lowest BCUT2D eigenvalue weighted by atomic mass is 10.1. The number of nitrogens with two attached hydrogens (primary N) is 2. The molecule has 0 bridgehead atoms. The number of carbonyl (C=O) groups is 4. The van der Waals surface area contributed by atoms with Crippen LogP contribution in [0.3, 0.4) is 0 Å². The summed E-state index contributed by atoms with van der Waals surface area (Å²) in [5.41, 5.74) is 13.1. The zero-order valence-electron chi connectivity index (χ0n) is 23.4. The Hall–Kier alpha value is -5.12. The largest absolute Gasteiger partial charge is 0.458 e. The van der Waals surface area contributed by atoms with Crippen LogP contribution in [0, 0.1) is 0 Å². The highest BCUT2D eigenvalue weighted by Crippen LogP contribution is 2.19. The Morgan fingerprint density at radius 2 is 1.26 bits per heavy atom. The standard InChI is InChI=1S/C32H34N2O8/c1-2-3-4-5-6-29(35)41-27-12-14-28(15-13-27)42-30(36)16-9-22-7-10-23(11-8-22)31(37)39-17-18-40-32(38)24-19-25(33)21-26(34)20-24/h7-16,19-21H,2-6,17-18,33-34H2,1H3/b16-9+. The Morgan fingerprint density at radius 3 is 1.86 bits per heavy atom. The molecule has 3 aromatic rings. The summed E-state index contributed by atoms with van der Waals surface area (Å²) < 4.78 is 20.8. The second-order valence-electron chi connectivity index (χ2n) is 9.29. The van der Waals surface area contributed by atoms with E-state index < -0.39 is 17.9 Å². The molecule has 0 spiro atoms. The number of carbonyl (C=O) groups excluding carboxylic acids is 4. The summed E-state index contributed by atoms with van der Waals surface area (Å²) in [4.78, 5) is 48.4. The predicted octanol–water partition coefficient (Wildman–Crippen LogP) is 5.36. The van der Waals surface area contributed by atoms with Gasteiger partial charge >= 0.3 is 23.9 Å². The molecule has 0 unspecified atom stereocenters. The molecule has 42 heavy (non-hydrogen) atoms. The minimum Gasteiger partial charge on any atom is -0.458 e. The van der Waals surface area contributed by atoms with Crippen molar-refractivity contribution in [1.29, 1.82) is 0 Å². The molecule has 0 aliphatic rings.